The lowest BCUT2D eigenvalue weighted by molar-refractivity contribution is 1.10. The van der Waals surface area contributed by atoms with E-state index in [1.165, 1.54) is 0 Å². The Morgan fingerprint density at radius 1 is 1.62 bits per heavy atom. The van der Waals surface area contributed by atoms with Crippen LogP contribution in [-0.2, 0) is 0 Å². The van der Waals surface area contributed by atoms with E-state index in [0.717, 1.165) is 11.3 Å². The maximum Gasteiger partial charge on any atom is 0.356 e. The molecule has 5 heteroatoms. The van der Waals surface area contributed by atoms with Gasteiger partial charge in [-0.3, -0.25) is 0 Å². The van der Waals surface area contributed by atoms with Crippen LogP contribution in [0.4, 0.5) is 5.13 Å². The summed E-state index contributed by atoms with van der Waals surface area (Å²) < 4.78 is 0.316. The van der Waals surface area contributed by atoms with Gasteiger partial charge in [0.25, 0.3) is 0 Å². The van der Waals surface area contributed by atoms with Gasteiger partial charge >= 0.3 is 5.13 Å². The van der Waals surface area contributed by atoms with Crippen LogP contribution in [0, 0.1) is 6.57 Å². The SMILES string of the molecule is [C-]#[N+]c1nnc(Cl)s1. The van der Waals surface area contributed by atoms with Crippen molar-refractivity contribution in [1.29, 1.82) is 0 Å². The Morgan fingerprint density at radius 3 is 2.62 bits per heavy atom. The predicted molar refractivity (Wildman–Crippen MR) is 31.2 cm³/mol. The fourth-order valence-corrected chi connectivity index (χ4v) is 0.848. The van der Waals surface area contributed by atoms with E-state index in [9.17, 15) is 0 Å². The third-order valence-electron chi connectivity index (χ3n) is 0.485. The van der Waals surface area contributed by atoms with Crippen molar-refractivity contribution in [2.24, 2.45) is 0 Å². The molecule has 40 valence electrons. The molecule has 0 radical (unpaired) electrons. The van der Waals surface area contributed by atoms with Crippen LogP contribution < -0.4 is 0 Å². The summed E-state index contributed by atoms with van der Waals surface area (Å²) in [6.45, 7) is 6.43. The van der Waals surface area contributed by atoms with Gasteiger partial charge in [-0.1, -0.05) is 17.9 Å². The van der Waals surface area contributed by atoms with Crippen molar-refractivity contribution in [1.82, 2.24) is 10.2 Å². The van der Waals surface area contributed by atoms with Crippen LogP contribution in [0.5, 0.6) is 0 Å². The monoisotopic (exact) mass is 145 g/mol. The highest BCUT2D eigenvalue weighted by atomic mass is 35.5. The van der Waals surface area contributed by atoms with Gasteiger partial charge < -0.3 is 4.85 Å². The molecule has 1 rings (SSSR count). The molecular weight excluding hydrogens is 146 g/mol. The zero-order valence-electron chi connectivity index (χ0n) is 3.63. The molecule has 1 aromatic rings. The third-order valence-corrected chi connectivity index (χ3v) is 1.40. The zero-order valence-corrected chi connectivity index (χ0v) is 5.20. The topological polar surface area (TPSA) is 30.1 Å². The molecule has 0 saturated carbocycles. The van der Waals surface area contributed by atoms with Crippen LogP contribution in [0.3, 0.4) is 0 Å². The normalized spacial score (nSPS) is 8.50. The third kappa shape index (κ3) is 0.941. The second-order valence-electron chi connectivity index (χ2n) is 0.949. The van der Waals surface area contributed by atoms with E-state index >= 15 is 0 Å². The largest absolute Gasteiger partial charge is 0.356 e. The van der Waals surface area contributed by atoms with Gasteiger partial charge in [0.15, 0.2) is 0 Å². The quantitative estimate of drug-likeness (QED) is 0.521. The average molecular weight is 146 g/mol. The van der Waals surface area contributed by atoms with Gasteiger partial charge in [-0.05, 0) is 16.7 Å². The molecule has 1 heterocycles. The van der Waals surface area contributed by atoms with E-state index < -0.39 is 0 Å². The van der Waals surface area contributed by atoms with Gasteiger partial charge in [-0.2, -0.15) is 0 Å². The Labute approximate surface area is 54.8 Å². The average Bonchev–Trinajstić information content (AvgIpc) is 2.14. The molecule has 0 bridgehead atoms. The maximum atomic E-state index is 6.43. The van der Waals surface area contributed by atoms with Crippen LogP contribution >= 0.6 is 22.9 Å². The van der Waals surface area contributed by atoms with Gasteiger partial charge in [0.1, 0.15) is 0 Å². The van der Waals surface area contributed by atoms with Crippen molar-refractivity contribution in [2.45, 2.75) is 0 Å². The van der Waals surface area contributed by atoms with Crippen LogP contribution in [0.1, 0.15) is 0 Å². The first-order valence-electron chi connectivity index (χ1n) is 1.69. The summed E-state index contributed by atoms with van der Waals surface area (Å²) in [4.78, 5) is 3.00. The Hall–Kier alpha value is -0.660. The lowest BCUT2D eigenvalue weighted by Gasteiger charge is -1.64. The second-order valence-corrected chi connectivity index (χ2v) is 2.49. The van der Waals surface area contributed by atoms with E-state index in [1.807, 2.05) is 0 Å². The van der Waals surface area contributed by atoms with Crippen LogP contribution in [0.2, 0.25) is 4.47 Å². The van der Waals surface area contributed by atoms with E-state index in [1.54, 1.807) is 0 Å². The minimum Gasteiger partial charge on any atom is -0.350 e. The molecule has 0 aliphatic carbocycles. The fraction of sp³-hybridized carbons (Fsp3) is 0. The molecule has 1 aromatic heterocycles. The van der Waals surface area contributed by atoms with E-state index in [-0.39, 0.29) is 5.13 Å². The van der Waals surface area contributed by atoms with Crippen LogP contribution in [0.15, 0.2) is 0 Å². The molecule has 0 N–H and O–H groups in total. The molecule has 0 aliphatic heterocycles. The van der Waals surface area contributed by atoms with Crippen LogP contribution in [-0.4, -0.2) is 10.2 Å². The molecule has 0 unspecified atom stereocenters. The lowest BCUT2D eigenvalue weighted by Crippen LogP contribution is -1.60. The summed E-state index contributed by atoms with van der Waals surface area (Å²) >= 11 is 6.42. The first-order chi connectivity index (χ1) is 3.83. The predicted octanol–water partition coefficient (Wildman–Crippen LogP) is 1.74. The molecule has 0 fully saturated rings. The van der Waals surface area contributed by atoms with Gasteiger partial charge in [0, 0.05) is 5.10 Å². The number of hydrogen-bond donors (Lipinski definition) is 0. The highest BCUT2D eigenvalue weighted by Gasteiger charge is 1.98. The Kier molecular flexibility index (Phi) is 1.42. The van der Waals surface area contributed by atoms with Crippen molar-refractivity contribution in [3.8, 4) is 0 Å². The van der Waals surface area contributed by atoms with Gasteiger partial charge in [-0.25, -0.2) is 0 Å². The van der Waals surface area contributed by atoms with Crippen molar-refractivity contribution >= 4 is 28.1 Å². The van der Waals surface area contributed by atoms with E-state index in [0.29, 0.717) is 4.47 Å². The number of aromatic nitrogens is 2. The standard InChI is InChI=1S/C3ClN3S/c1-5-3-7-6-2(4)8-3. The van der Waals surface area contributed by atoms with Gasteiger partial charge in [-0.15, -0.1) is 0 Å². The van der Waals surface area contributed by atoms with Crippen molar-refractivity contribution in [3.05, 3.63) is 15.9 Å². The maximum absolute atomic E-state index is 6.43. The number of hydrogen-bond acceptors (Lipinski definition) is 3. The minimum atomic E-state index is 0.287. The van der Waals surface area contributed by atoms with E-state index in [4.69, 9.17) is 18.2 Å². The summed E-state index contributed by atoms with van der Waals surface area (Å²) in [6.07, 6.45) is 0. The van der Waals surface area contributed by atoms with E-state index in [2.05, 4.69) is 15.0 Å². The Balaban J connectivity index is 3.05. The van der Waals surface area contributed by atoms with Crippen LogP contribution in [0.25, 0.3) is 4.85 Å². The zero-order chi connectivity index (χ0) is 5.98. The summed E-state index contributed by atoms with van der Waals surface area (Å²) in [5.41, 5.74) is 0. The van der Waals surface area contributed by atoms with Crippen molar-refractivity contribution in [3.63, 3.8) is 0 Å². The first kappa shape index (κ1) is 5.48. The first-order valence-corrected chi connectivity index (χ1v) is 2.89. The lowest BCUT2D eigenvalue weighted by atomic mass is 11.3. The summed E-state index contributed by atoms with van der Waals surface area (Å²) in [5, 5.41) is 7.11. The number of nitrogens with zero attached hydrogens (tertiary/aromatic N) is 3. The summed E-state index contributed by atoms with van der Waals surface area (Å²) in [7, 11) is 0. The van der Waals surface area contributed by atoms with Gasteiger partial charge in [0.05, 0.1) is 0 Å². The number of rotatable bonds is 0. The molecule has 0 amide bonds. The Bertz CT molecular complexity index is 225. The second kappa shape index (κ2) is 2.07. The summed E-state index contributed by atoms with van der Waals surface area (Å²) in [6, 6.07) is 0. The molecule has 3 nitrogen and oxygen atoms in total. The molecule has 0 saturated heterocycles. The van der Waals surface area contributed by atoms with Gasteiger partial charge in [0.2, 0.25) is 4.47 Å². The molecule has 0 spiro atoms. The summed E-state index contributed by atoms with van der Waals surface area (Å²) in [5.74, 6) is 0. The molecule has 8 heavy (non-hydrogen) atoms. The highest BCUT2D eigenvalue weighted by Crippen LogP contribution is 2.21. The molecule has 0 atom stereocenters. The molecule has 0 aliphatic rings. The fourth-order valence-electron chi connectivity index (χ4n) is 0.243. The van der Waals surface area contributed by atoms with Crippen molar-refractivity contribution < 1.29 is 0 Å². The molecule has 0 aromatic carbocycles. The number of halogens is 1. The smallest absolute Gasteiger partial charge is 0.350 e. The highest BCUT2D eigenvalue weighted by molar-refractivity contribution is 7.19. The minimum absolute atomic E-state index is 0.287. The van der Waals surface area contributed by atoms with Crippen molar-refractivity contribution in [2.75, 3.05) is 0 Å². The molecular formula is C3ClN3S. The Morgan fingerprint density at radius 2 is 2.38 bits per heavy atom.